The van der Waals surface area contributed by atoms with Crippen molar-refractivity contribution in [2.45, 2.75) is 32.1 Å². The molecule has 84 valence electrons. The summed E-state index contributed by atoms with van der Waals surface area (Å²) in [5, 5.41) is 4.65. The standard InChI is InChI=1S/C11H19N3S/c1-8-11(9-3-2-6-13-7-9)14-10(15-8)4-5-12/h9,13H,2-7,12H2,1H3. The van der Waals surface area contributed by atoms with Crippen LogP contribution in [-0.2, 0) is 6.42 Å². The maximum absolute atomic E-state index is 5.55. The second-order valence-corrected chi connectivity index (χ2v) is 5.42. The molecule has 4 heteroatoms. The van der Waals surface area contributed by atoms with Crippen molar-refractivity contribution in [3.05, 3.63) is 15.6 Å². The fourth-order valence-electron chi connectivity index (χ4n) is 2.16. The van der Waals surface area contributed by atoms with Gasteiger partial charge in [-0.25, -0.2) is 4.98 Å². The second-order valence-electron chi connectivity index (χ2n) is 4.13. The molecular formula is C11H19N3S. The lowest BCUT2D eigenvalue weighted by Gasteiger charge is -2.21. The Hall–Kier alpha value is -0.450. The van der Waals surface area contributed by atoms with Gasteiger partial charge in [-0.2, -0.15) is 0 Å². The summed E-state index contributed by atoms with van der Waals surface area (Å²) in [7, 11) is 0. The molecule has 15 heavy (non-hydrogen) atoms. The van der Waals surface area contributed by atoms with Gasteiger partial charge in [0.15, 0.2) is 0 Å². The molecule has 0 spiro atoms. The highest BCUT2D eigenvalue weighted by Gasteiger charge is 2.20. The Kier molecular flexibility index (Phi) is 3.72. The van der Waals surface area contributed by atoms with Crippen molar-refractivity contribution in [1.29, 1.82) is 0 Å². The van der Waals surface area contributed by atoms with Crippen molar-refractivity contribution in [2.75, 3.05) is 19.6 Å². The topological polar surface area (TPSA) is 50.9 Å². The number of nitrogens with two attached hydrogens (primary N) is 1. The lowest BCUT2D eigenvalue weighted by Crippen LogP contribution is -2.28. The summed E-state index contributed by atoms with van der Waals surface area (Å²) in [4.78, 5) is 6.10. The number of piperidine rings is 1. The zero-order valence-corrected chi connectivity index (χ0v) is 10.1. The molecule has 0 amide bonds. The van der Waals surface area contributed by atoms with E-state index in [4.69, 9.17) is 10.7 Å². The molecule has 1 aliphatic heterocycles. The number of thiazole rings is 1. The highest BCUT2D eigenvalue weighted by Crippen LogP contribution is 2.28. The number of aryl methyl sites for hydroxylation is 1. The van der Waals surface area contributed by atoms with Gasteiger partial charge in [-0.1, -0.05) is 0 Å². The van der Waals surface area contributed by atoms with E-state index in [9.17, 15) is 0 Å². The van der Waals surface area contributed by atoms with E-state index in [2.05, 4.69) is 12.2 Å². The molecule has 0 aromatic carbocycles. The number of aromatic nitrogens is 1. The molecule has 3 N–H and O–H groups in total. The molecule has 0 radical (unpaired) electrons. The molecule has 1 aromatic rings. The van der Waals surface area contributed by atoms with Gasteiger partial charge in [0.2, 0.25) is 0 Å². The van der Waals surface area contributed by atoms with Gasteiger partial charge in [0.25, 0.3) is 0 Å². The van der Waals surface area contributed by atoms with Crippen LogP contribution in [0.4, 0.5) is 0 Å². The van der Waals surface area contributed by atoms with Crippen LogP contribution in [0.15, 0.2) is 0 Å². The molecule has 2 heterocycles. The molecule has 1 aromatic heterocycles. The van der Waals surface area contributed by atoms with Crippen LogP contribution in [0.1, 0.15) is 34.3 Å². The van der Waals surface area contributed by atoms with Gasteiger partial charge in [-0.3, -0.25) is 0 Å². The lowest BCUT2D eigenvalue weighted by atomic mass is 9.96. The Morgan fingerprint density at radius 3 is 3.13 bits per heavy atom. The number of hydrogen-bond donors (Lipinski definition) is 2. The van der Waals surface area contributed by atoms with E-state index in [-0.39, 0.29) is 0 Å². The van der Waals surface area contributed by atoms with Gasteiger partial charge >= 0.3 is 0 Å². The monoisotopic (exact) mass is 225 g/mol. The number of nitrogens with one attached hydrogen (secondary N) is 1. The van der Waals surface area contributed by atoms with E-state index in [0.29, 0.717) is 12.5 Å². The van der Waals surface area contributed by atoms with Gasteiger partial charge in [-0.15, -0.1) is 11.3 Å². The highest BCUT2D eigenvalue weighted by molar-refractivity contribution is 7.11. The van der Waals surface area contributed by atoms with Crippen molar-refractivity contribution >= 4 is 11.3 Å². The molecule has 0 aliphatic carbocycles. The van der Waals surface area contributed by atoms with Crippen LogP contribution in [0, 0.1) is 6.92 Å². The molecule has 1 unspecified atom stereocenters. The maximum atomic E-state index is 5.55. The molecule has 3 nitrogen and oxygen atoms in total. The van der Waals surface area contributed by atoms with Gasteiger partial charge in [0.05, 0.1) is 10.7 Å². The number of hydrogen-bond acceptors (Lipinski definition) is 4. The third kappa shape index (κ3) is 2.56. The summed E-state index contributed by atoms with van der Waals surface area (Å²) in [6, 6.07) is 0. The van der Waals surface area contributed by atoms with E-state index >= 15 is 0 Å². The summed E-state index contributed by atoms with van der Waals surface area (Å²) in [6.07, 6.45) is 3.47. The Labute approximate surface area is 95.1 Å². The van der Waals surface area contributed by atoms with Gasteiger partial charge in [0, 0.05) is 23.8 Å². The van der Waals surface area contributed by atoms with E-state index in [1.54, 1.807) is 0 Å². The average Bonchev–Trinajstić information content (AvgIpc) is 2.61. The zero-order chi connectivity index (χ0) is 10.7. The van der Waals surface area contributed by atoms with E-state index < -0.39 is 0 Å². The van der Waals surface area contributed by atoms with E-state index in [1.807, 2.05) is 11.3 Å². The van der Waals surface area contributed by atoms with Crippen molar-refractivity contribution in [3.8, 4) is 0 Å². The minimum absolute atomic E-state index is 0.626. The van der Waals surface area contributed by atoms with Crippen molar-refractivity contribution in [1.82, 2.24) is 10.3 Å². The van der Waals surface area contributed by atoms with Gasteiger partial charge in [-0.05, 0) is 32.9 Å². The van der Waals surface area contributed by atoms with Crippen LogP contribution in [0.5, 0.6) is 0 Å². The molecule has 1 fully saturated rings. The first-order valence-electron chi connectivity index (χ1n) is 5.68. The van der Waals surface area contributed by atoms with Gasteiger partial charge < -0.3 is 11.1 Å². The Morgan fingerprint density at radius 1 is 1.60 bits per heavy atom. The Bertz CT molecular complexity index is 316. The van der Waals surface area contributed by atoms with Crippen molar-refractivity contribution in [2.24, 2.45) is 5.73 Å². The van der Waals surface area contributed by atoms with Crippen molar-refractivity contribution < 1.29 is 0 Å². The van der Waals surface area contributed by atoms with Crippen LogP contribution in [0.2, 0.25) is 0 Å². The van der Waals surface area contributed by atoms with E-state index in [0.717, 1.165) is 19.5 Å². The van der Waals surface area contributed by atoms with Crippen LogP contribution in [-0.4, -0.2) is 24.6 Å². The minimum atomic E-state index is 0.626. The fraction of sp³-hybridized carbons (Fsp3) is 0.727. The van der Waals surface area contributed by atoms with Gasteiger partial charge in [0.1, 0.15) is 0 Å². The molecule has 1 aliphatic rings. The summed E-state index contributed by atoms with van der Waals surface area (Å²) in [6.45, 7) is 5.14. The predicted octanol–water partition coefficient (Wildman–Crippen LogP) is 1.42. The summed E-state index contributed by atoms with van der Waals surface area (Å²) < 4.78 is 0. The third-order valence-corrected chi connectivity index (χ3v) is 3.96. The van der Waals surface area contributed by atoms with Crippen LogP contribution in [0.25, 0.3) is 0 Å². The third-order valence-electron chi connectivity index (χ3n) is 2.92. The molecule has 2 rings (SSSR count). The SMILES string of the molecule is Cc1sc(CCN)nc1C1CCCNC1. The Balaban J connectivity index is 2.11. The fourth-order valence-corrected chi connectivity index (χ4v) is 3.19. The zero-order valence-electron chi connectivity index (χ0n) is 9.25. The van der Waals surface area contributed by atoms with Crippen LogP contribution >= 0.6 is 11.3 Å². The normalized spacial score (nSPS) is 21.9. The highest BCUT2D eigenvalue weighted by atomic mass is 32.1. The van der Waals surface area contributed by atoms with Crippen molar-refractivity contribution in [3.63, 3.8) is 0 Å². The first-order valence-corrected chi connectivity index (χ1v) is 6.50. The summed E-state index contributed by atoms with van der Waals surface area (Å²) in [5.41, 5.74) is 6.87. The molecule has 0 saturated carbocycles. The average molecular weight is 225 g/mol. The van der Waals surface area contributed by atoms with E-state index in [1.165, 1.54) is 28.4 Å². The summed E-state index contributed by atoms with van der Waals surface area (Å²) in [5.74, 6) is 0.626. The quantitative estimate of drug-likeness (QED) is 0.818. The lowest BCUT2D eigenvalue weighted by molar-refractivity contribution is 0.454. The number of rotatable bonds is 3. The molecule has 0 bridgehead atoms. The minimum Gasteiger partial charge on any atom is -0.330 e. The largest absolute Gasteiger partial charge is 0.330 e. The smallest absolute Gasteiger partial charge is 0.0943 e. The first-order chi connectivity index (χ1) is 7.31. The Morgan fingerprint density at radius 2 is 2.47 bits per heavy atom. The number of nitrogens with zero attached hydrogens (tertiary/aromatic N) is 1. The second kappa shape index (κ2) is 5.05. The molecular weight excluding hydrogens is 206 g/mol. The maximum Gasteiger partial charge on any atom is 0.0943 e. The predicted molar refractivity (Wildman–Crippen MR) is 64.5 cm³/mol. The molecule has 1 atom stereocenters. The first kappa shape index (κ1) is 11.0. The summed E-state index contributed by atoms with van der Waals surface area (Å²) >= 11 is 1.81. The van der Waals surface area contributed by atoms with Crippen LogP contribution in [0.3, 0.4) is 0 Å². The molecule has 1 saturated heterocycles. The van der Waals surface area contributed by atoms with Crippen LogP contribution < -0.4 is 11.1 Å².